The van der Waals surface area contributed by atoms with Gasteiger partial charge in [-0.2, -0.15) is 0 Å². The van der Waals surface area contributed by atoms with Gasteiger partial charge in [0.2, 0.25) is 0 Å². The smallest absolute Gasteiger partial charge is 0.342 e. The number of esters is 8. The van der Waals surface area contributed by atoms with Crippen molar-refractivity contribution in [2.75, 3.05) is 125 Å². The van der Waals surface area contributed by atoms with Crippen LogP contribution in [0.3, 0.4) is 0 Å². The molecule has 0 saturated heterocycles. The highest BCUT2D eigenvalue weighted by atomic mass is 16.6. The number of ether oxygens (including phenoxy) is 8. The average Bonchev–Trinajstić information content (AvgIpc) is 3.41. The number of nitrogens with zero attached hydrogens (tertiary/aromatic N) is 4. The van der Waals surface area contributed by atoms with E-state index in [1.54, 1.807) is 26.5 Å². The maximum Gasteiger partial charge on any atom is 0.342 e. The number of benzene rings is 4. The number of hydrogen-bond donors (Lipinski definition) is 4. The molecule has 77 heavy (non-hydrogen) atoms. The summed E-state index contributed by atoms with van der Waals surface area (Å²) in [7, 11) is 0. The molecule has 0 spiro atoms. The lowest BCUT2D eigenvalue weighted by atomic mass is 10.1. The Morgan fingerprint density at radius 1 is 0.312 bits per heavy atom. The molecule has 0 aromatic heterocycles. The van der Waals surface area contributed by atoms with Crippen LogP contribution in [0.1, 0.15) is 89.8 Å². The Bertz CT molecular complexity index is 2750. The first-order valence-electron chi connectivity index (χ1n) is 24.7. The lowest BCUT2D eigenvalue weighted by Crippen LogP contribution is -2.43. The molecule has 0 saturated carbocycles. The zero-order valence-corrected chi connectivity index (χ0v) is 42.1. The molecule has 410 valence electrons. The number of phenols is 4. The molecule has 0 radical (unpaired) electrons. The van der Waals surface area contributed by atoms with Gasteiger partial charge in [-0.3, -0.25) is 19.6 Å². The molecule has 4 aliphatic heterocycles. The maximum absolute atomic E-state index is 13.6. The molecule has 0 amide bonds. The summed E-state index contributed by atoms with van der Waals surface area (Å²) in [6, 6.07) is 15.6. The van der Waals surface area contributed by atoms with Crippen molar-refractivity contribution in [2.24, 2.45) is 0 Å². The SMILES string of the molecule is CC1CN2CCOC(=O)c3cccc(c3O)C(=O)OCCN(CCOC(=O)c3cccc(c3O)C(=O)O1)CCN1CCOC(=O)c3cccc(c3O)C(=O)OCCN(CCOC(=O)c3cccc(c3O)C(=O)OCC1)CC2. The van der Waals surface area contributed by atoms with Crippen LogP contribution in [-0.4, -0.2) is 219 Å². The highest BCUT2D eigenvalue weighted by molar-refractivity contribution is 6.02. The van der Waals surface area contributed by atoms with Gasteiger partial charge in [0.1, 0.15) is 120 Å². The van der Waals surface area contributed by atoms with Crippen molar-refractivity contribution in [3.05, 3.63) is 117 Å². The number of rotatable bonds is 0. The molecule has 4 N–H and O–H groups in total. The zero-order chi connectivity index (χ0) is 55.0. The van der Waals surface area contributed by atoms with E-state index in [9.17, 15) is 58.8 Å². The van der Waals surface area contributed by atoms with Gasteiger partial charge >= 0.3 is 47.8 Å². The second-order valence-electron chi connectivity index (χ2n) is 17.8. The zero-order valence-electron chi connectivity index (χ0n) is 42.1. The monoisotopic (exact) mass is 1070 g/mol. The molecule has 4 aromatic carbocycles. The number of cyclic esters (lactones) is 2. The minimum atomic E-state index is -0.978. The first-order valence-corrected chi connectivity index (χ1v) is 24.7. The van der Waals surface area contributed by atoms with E-state index in [4.69, 9.17) is 37.9 Å². The molecule has 12 bridgehead atoms. The molecule has 4 aliphatic rings. The number of hydrogen-bond acceptors (Lipinski definition) is 24. The Hall–Kier alpha value is -8.32. The first kappa shape index (κ1) is 56.4. The van der Waals surface area contributed by atoms with E-state index in [1.165, 1.54) is 72.8 Å². The summed E-state index contributed by atoms with van der Waals surface area (Å²) >= 11 is 0. The summed E-state index contributed by atoms with van der Waals surface area (Å²) in [5.41, 5.74) is -2.67. The molecular formula is C53H58N4O20. The van der Waals surface area contributed by atoms with Crippen molar-refractivity contribution >= 4 is 47.8 Å². The number of para-hydroxylation sites is 4. The fourth-order valence-corrected chi connectivity index (χ4v) is 8.42. The first-order chi connectivity index (χ1) is 37.1. The van der Waals surface area contributed by atoms with Gasteiger partial charge in [-0.15, -0.1) is 0 Å². The maximum atomic E-state index is 13.6. The van der Waals surface area contributed by atoms with Crippen LogP contribution in [0.25, 0.3) is 0 Å². The molecule has 24 heteroatoms. The van der Waals surface area contributed by atoms with Crippen LogP contribution >= 0.6 is 0 Å². The second kappa shape index (κ2) is 26.9. The standard InChI is InChI=1S/C53H58N4O20/c1-33-32-57-17-16-56-22-29-73-49(65)36-8-2-6-34(42(36)58)46(62)70-25-18-54(19-26-71-47(63)35-7-3-9-37(43(35)59)50(66)74-30-23-56)14-15-55(21-28-75-52(68)40-12-5-13-41(45(40)61)53(69)77-33)20-27-72-48(64)38-10-4-11-39(44(38)60)51(67)76-31-24-57/h2-13,33,58-61H,14-32H2,1H3. The Balaban J connectivity index is 1.29. The fraction of sp³-hybridized carbons (Fsp3) is 0.396. The Morgan fingerprint density at radius 3 is 0.740 bits per heavy atom. The van der Waals surface area contributed by atoms with Crippen molar-refractivity contribution in [2.45, 2.75) is 13.0 Å². The minimum Gasteiger partial charge on any atom is -0.506 e. The third kappa shape index (κ3) is 15.0. The number of carbonyl (C=O) groups excluding carboxylic acids is 8. The van der Waals surface area contributed by atoms with E-state index in [1.807, 2.05) is 0 Å². The number of phenolic OH excluding ortho intramolecular Hbond substituents is 4. The Kier molecular flexibility index (Phi) is 19.7. The van der Waals surface area contributed by atoms with E-state index >= 15 is 0 Å². The minimum absolute atomic E-state index is 0.0285. The molecule has 3 atom stereocenters. The van der Waals surface area contributed by atoms with E-state index in [0.29, 0.717) is 0 Å². The largest absolute Gasteiger partial charge is 0.506 e. The van der Waals surface area contributed by atoms with E-state index in [2.05, 4.69) is 0 Å². The van der Waals surface area contributed by atoms with Crippen molar-refractivity contribution in [3.63, 3.8) is 0 Å². The van der Waals surface area contributed by atoms with Gasteiger partial charge in [0.25, 0.3) is 0 Å². The van der Waals surface area contributed by atoms with Crippen molar-refractivity contribution in [3.8, 4) is 23.0 Å². The second-order valence-corrected chi connectivity index (χ2v) is 17.8. The lowest BCUT2D eigenvalue weighted by molar-refractivity contribution is 0.0177. The summed E-state index contributed by atoms with van der Waals surface area (Å²) in [5, 5.41) is 44.7. The molecule has 8 rings (SSSR count). The lowest BCUT2D eigenvalue weighted by Gasteiger charge is -2.29. The van der Waals surface area contributed by atoms with E-state index < -0.39 is 76.9 Å². The van der Waals surface area contributed by atoms with Crippen molar-refractivity contribution < 1.29 is 96.7 Å². The topological polar surface area (TPSA) is 304 Å². The van der Waals surface area contributed by atoms with Crippen molar-refractivity contribution in [1.82, 2.24) is 19.6 Å². The summed E-state index contributed by atoms with van der Waals surface area (Å²) in [6.45, 7) is -0.484. The van der Waals surface area contributed by atoms with E-state index in [0.717, 1.165) is 0 Å². The Labute approximate surface area is 441 Å². The van der Waals surface area contributed by atoms with Crippen LogP contribution < -0.4 is 0 Å². The molecule has 24 nitrogen and oxygen atoms in total. The number of aromatic hydroxyl groups is 4. The van der Waals surface area contributed by atoms with Gasteiger partial charge in [-0.1, -0.05) is 24.3 Å². The summed E-state index contributed by atoms with van der Waals surface area (Å²) in [4.78, 5) is 115. The predicted octanol–water partition coefficient (Wildman–Crippen LogP) is 2.50. The quantitative estimate of drug-likeness (QED) is 0.145. The average molecular weight is 1070 g/mol. The van der Waals surface area contributed by atoms with Crippen LogP contribution in [0.5, 0.6) is 23.0 Å². The molecule has 4 heterocycles. The fourth-order valence-electron chi connectivity index (χ4n) is 8.42. The van der Waals surface area contributed by atoms with E-state index in [-0.39, 0.29) is 169 Å². The summed E-state index contributed by atoms with van der Waals surface area (Å²) in [6.07, 6.45) is -0.940. The van der Waals surface area contributed by atoms with Gasteiger partial charge in [-0.25, -0.2) is 38.4 Å². The summed E-state index contributed by atoms with van der Waals surface area (Å²) < 4.78 is 44.7. The molecule has 0 fully saturated rings. The third-order valence-electron chi connectivity index (χ3n) is 12.7. The van der Waals surface area contributed by atoms with Gasteiger partial charge in [0, 0.05) is 78.5 Å². The van der Waals surface area contributed by atoms with Gasteiger partial charge in [0.15, 0.2) is 0 Å². The van der Waals surface area contributed by atoms with Gasteiger partial charge in [0.05, 0.1) is 0 Å². The molecule has 4 aromatic rings. The number of fused-ring (bicyclic) bond motifs is 16. The Morgan fingerprint density at radius 2 is 0.506 bits per heavy atom. The molecular weight excluding hydrogens is 1010 g/mol. The number of carbonyl (C=O) groups is 8. The highest BCUT2D eigenvalue weighted by Crippen LogP contribution is 2.28. The van der Waals surface area contributed by atoms with Gasteiger partial charge in [-0.05, 0) is 55.5 Å². The van der Waals surface area contributed by atoms with Crippen LogP contribution in [0.2, 0.25) is 0 Å². The molecule has 0 aliphatic carbocycles. The van der Waals surface area contributed by atoms with Crippen LogP contribution in [0, 0.1) is 0 Å². The van der Waals surface area contributed by atoms with Crippen LogP contribution in [0.15, 0.2) is 72.8 Å². The molecule has 3 unspecified atom stereocenters. The van der Waals surface area contributed by atoms with Crippen molar-refractivity contribution in [1.29, 1.82) is 0 Å². The normalized spacial score (nSPS) is 22.7. The predicted molar refractivity (Wildman–Crippen MR) is 265 cm³/mol. The van der Waals surface area contributed by atoms with Crippen LogP contribution in [-0.2, 0) is 37.9 Å². The van der Waals surface area contributed by atoms with Gasteiger partial charge < -0.3 is 58.3 Å². The third-order valence-corrected chi connectivity index (χ3v) is 12.7. The van der Waals surface area contributed by atoms with Crippen LogP contribution in [0.4, 0.5) is 0 Å². The summed E-state index contributed by atoms with van der Waals surface area (Å²) in [5.74, 6) is -10.6. The highest BCUT2D eigenvalue weighted by Gasteiger charge is 2.28.